The first-order valence-corrected chi connectivity index (χ1v) is 8.38. The van der Waals surface area contributed by atoms with E-state index in [0.29, 0.717) is 0 Å². The van der Waals surface area contributed by atoms with Crippen LogP contribution in [0, 0.1) is 0 Å². The van der Waals surface area contributed by atoms with E-state index < -0.39 is 30.1 Å². The van der Waals surface area contributed by atoms with Crippen molar-refractivity contribution in [3.63, 3.8) is 0 Å². The maximum atomic E-state index is 12.5. The van der Waals surface area contributed by atoms with E-state index >= 15 is 0 Å². The number of esters is 1. The van der Waals surface area contributed by atoms with Crippen LogP contribution in [-0.4, -0.2) is 26.0 Å². The summed E-state index contributed by atoms with van der Waals surface area (Å²) in [6.07, 6.45) is -4.93. The number of para-hydroxylation sites is 1. The molecule has 3 aromatic rings. The SMILES string of the molecule is COC(=O)COc1cc(OC(F)(F)F)ccc1-c1cc(=O)c2cccc(Cl)c2o1. The van der Waals surface area contributed by atoms with Gasteiger partial charge in [0.05, 0.1) is 23.1 Å². The maximum absolute atomic E-state index is 12.5. The van der Waals surface area contributed by atoms with Crippen LogP contribution in [0.3, 0.4) is 0 Å². The van der Waals surface area contributed by atoms with Gasteiger partial charge in [-0.2, -0.15) is 0 Å². The summed E-state index contributed by atoms with van der Waals surface area (Å²) in [5, 5.41) is 0.408. The molecule has 0 N–H and O–H groups in total. The Hall–Kier alpha value is -3.20. The van der Waals surface area contributed by atoms with Crippen LogP contribution < -0.4 is 14.9 Å². The third-order valence-corrected chi connectivity index (χ3v) is 4.03. The van der Waals surface area contributed by atoms with E-state index in [4.69, 9.17) is 20.8 Å². The minimum absolute atomic E-state index is 0.0194. The smallest absolute Gasteiger partial charge is 0.481 e. The molecule has 10 heteroatoms. The molecule has 0 unspecified atom stereocenters. The zero-order chi connectivity index (χ0) is 21.2. The van der Waals surface area contributed by atoms with Crippen molar-refractivity contribution in [3.05, 3.63) is 57.7 Å². The van der Waals surface area contributed by atoms with Gasteiger partial charge in [-0.3, -0.25) is 4.79 Å². The van der Waals surface area contributed by atoms with E-state index in [1.807, 2.05) is 0 Å². The molecule has 0 saturated heterocycles. The van der Waals surface area contributed by atoms with Crippen LogP contribution in [0.25, 0.3) is 22.3 Å². The van der Waals surface area contributed by atoms with E-state index in [2.05, 4.69) is 9.47 Å². The molecule has 2 aromatic carbocycles. The van der Waals surface area contributed by atoms with Crippen LogP contribution in [0.2, 0.25) is 5.02 Å². The van der Waals surface area contributed by atoms with E-state index in [-0.39, 0.29) is 33.1 Å². The number of carbonyl (C=O) groups is 1. The highest BCUT2D eigenvalue weighted by Crippen LogP contribution is 2.36. The minimum Gasteiger partial charge on any atom is -0.481 e. The Labute approximate surface area is 166 Å². The molecule has 1 heterocycles. The van der Waals surface area contributed by atoms with Crippen molar-refractivity contribution in [2.45, 2.75) is 6.36 Å². The number of fused-ring (bicyclic) bond motifs is 1. The monoisotopic (exact) mass is 428 g/mol. The lowest BCUT2D eigenvalue weighted by Crippen LogP contribution is -2.17. The highest BCUT2D eigenvalue weighted by molar-refractivity contribution is 6.34. The average Bonchev–Trinajstić information content (AvgIpc) is 2.65. The van der Waals surface area contributed by atoms with Gasteiger partial charge in [-0.15, -0.1) is 13.2 Å². The van der Waals surface area contributed by atoms with Crippen molar-refractivity contribution >= 4 is 28.5 Å². The van der Waals surface area contributed by atoms with Crippen molar-refractivity contribution < 1.29 is 36.6 Å². The second-order valence-corrected chi connectivity index (χ2v) is 6.07. The van der Waals surface area contributed by atoms with Gasteiger partial charge >= 0.3 is 12.3 Å². The molecule has 0 aliphatic carbocycles. The van der Waals surface area contributed by atoms with Crippen molar-refractivity contribution in [2.24, 2.45) is 0 Å². The molecule has 0 atom stereocenters. The molecule has 1 aromatic heterocycles. The fraction of sp³-hybridized carbons (Fsp3) is 0.158. The lowest BCUT2D eigenvalue weighted by Gasteiger charge is -2.14. The van der Waals surface area contributed by atoms with Crippen molar-refractivity contribution in [1.82, 2.24) is 0 Å². The lowest BCUT2D eigenvalue weighted by atomic mass is 10.1. The lowest BCUT2D eigenvalue weighted by molar-refractivity contribution is -0.274. The second kappa shape index (κ2) is 8.04. The molecule has 0 spiro atoms. The summed E-state index contributed by atoms with van der Waals surface area (Å²) < 4.78 is 56.8. The van der Waals surface area contributed by atoms with Crippen LogP contribution in [0.4, 0.5) is 13.2 Å². The summed E-state index contributed by atoms with van der Waals surface area (Å²) in [7, 11) is 1.13. The third-order valence-electron chi connectivity index (χ3n) is 3.73. The molecule has 0 amide bonds. The highest BCUT2D eigenvalue weighted by Gasteiger charge is 2.31. The average molecular weight is 429 g/mol. The summed E-state index contributed by atoms with van der Waals surface area (Å²) >= 11 is 6.08. The van der Waals surface area contributed by atoms with E-state index in [1.54, 1.807) is 6.07 Å². The summed E-state index contributed by atoms with van der Waals surface area (Å²) in [6.45, 7) is -0.586. The fourth-order valence-corrected chi connectivity index (χ4v) is 2.71. The molecule has 0 fully saturated rings. The predicted molar refractivity (Wildman–Crippen MR) is 97.1 cm³/mol. The summed E-state index contributed by atoms with van der Waals surface area (Å²) in [4.78, 5) is 23.8. The number of alkyl halides is 3. The molecular weight excluding hydrogens is 417 g/mol. The topological polar surface area (TPSA) is 75.0 Å². The van der Waals surface area contributed by atoms with Crippen molar-refractivity contribution in [1.29, 1.82) is 0 Å². The van der Waals surface area contributed by atoms with Gasteiger partial charge in [0.15, 0.2) is 17.6 Å². The molecule has 0 saturated carbocycles. The molecule has 152 valence electrons. The number of ether oxygens (including phenoxy) is 3. The molecule has 6 nitrogen and oxygen atoms in total. The molecule has 0 aliphatic rings. The first kappa shape index (κ1) is 20.5. The van der Waals surface area contributed by atoms with Crippen LogP contribution in [0.1, 0.15) is 0 Å². The number of halogens is 4. The van der Waals surface area contributed by atoms with E-state index in [1.165, 1.54) is 18.2 Å². The quantitative estimate of drug-likeness (QED) is 0.554. The third kappa shape index (κ3) is 4.80. The van der Waals surface area contributed by atoms with Crippen molar-refractivity contribution in [2.75, 3.05) is 13.7 Å². The first-order valence-electron chi connectivity index (χ1n) is 8.00. The zero-order valence-electron chi connectivity index (χ0n) is 14.7. The molecule has 29 heavy (non-hydrogen) atoms. The molecule has 3 rings (SSSR count). The number of hydrogen-bond donors (Lipinski definition) is 0. The predicted octanol–water partition coefficient (Wildman–Crippen LogP) is 4.56. The van der Waals surface area contributed by atoms with Gasteiger partial charge in [-0.1, -0.05) is 17.7 Å². The van der Waals surface area contributed by atoms with Gasteiger partial charge in [0.2, 0.25) is 0 Å². The minimum atomic E-state index is -4.93. The number of rotatable bonds is 5. The van der Waals surface area contributed by atoms with Crippen LogP contribution in [-0.2, 0) is 9.53 Å². The number of methoxy groups -OCH3 is 1. The Morgan fingerprint density at radius 3 is 2.62 bits per heavy atom. The zero-order valence-corrected chi connectivity index (χ0v) is 15.5. The Bertz CT molecular complexity index is 1120. The van der Waals surface area contributed by atoms with Gasteiger partial charge in [0, 0.05) is 12.1 Å². The van der Waals surface area contributed by atoms with Crippen LogP contribution in [0.15, 0.2) is 51.7 Å². The summed E-state index contributed by atoms with van der Waals surface area (Å²) in [5.41, 5.74) is -0.202. The Balaban J connectivity index is 2.12. The fourth-order valence-electron chi connectivity index (χ4n) is 2.49. The largest absolute Gasteiger partial charge is 0.573 e. The molecule has 0 aliphatic heterocycles. The Morgan fingerprint density at radius 2 is 1.93 bits per heavy atom. The second-order valence-electron chi connectivity index (χ2n) is 5.66. The summed E-state index contributed by atoms with van der Waals surface area (Å²) in [5.74, 6) is -1.55. The van der Waals surface area contributed by atoms with Gasteiger partial charge < -0.3 is 18.6 Å². The normalized spacial score (nSPS) is 11.3. The van der Waals surface area contributed by atoms with Crippen molar-refractivity contribution in [3.8, 4) is 22.8 Å². The van der Waals surface area contributed by atoms with E-state index in [0.717, 1.165) is 25.3 Å². The number of benzene rings is 2. The van der Waals surface area contributed by atoms with Crippen LogP contribution >= 0.6 is 11.6 Å². The van der Waals surface area contributed by atoms with Crippen LogP contribution in [0.5, 0.6) is 11.5 Å². The number of hydrogen-bond acceptors (Lipinski definition) is 6. The van der Waals surface area contributed by atoms with Gasteiger partial charge in [0.25, 0.3) is 0 Å². The standard InChI is InChI=1S/C19H12ClF3O6/c1-26-17(25)9-27-15-7-10(29-19(21,22)23)5-6-12(15)16-8-14(24)11-3-2-4-13(20)18(11)28-16/h2-8H,9H2,1H3. The number of carbonyl (C=O) groups excluding carboxylic acids is 1. The van der Waals surface area contributed by atoms with E-state index in [9.17, 15) is 22.8 Å². The summed E-state index contributed by atoms with van der Waals surface area (Å²) in [6, 6.07) is 8.90. The van der Waals surface area contributed by atoms with Gasteiger partial charge in [0.1, 0.15) is 17.3 Å². The van der Waals surface area contributed by atoms with Gasteiger partial charge in [-0.05, 0) is 24.3 Å². The highest BCUT2D eigenvalue weighted by atomic mass is 35.5. The molecular formula is C19H12ClF3O6. The molecule has 0 bridgehead atoms. The molecule has 0 radical (unpaired) electrons. The Morgan fingerprint density at radius 1 is 1.17 bits per heavy atom. The maximum Gasteiger partial charge on any atom is 0.573 e. The first-order chi connectivity index (χ1) is 13.7. The van der Waals surface area contributed by atoms with Gasteiger partial charge in [-0.25, -0.2) is 4.79 Å². The Kier molecular flexibility index (Phi) is 5.69.